The first-order valence-corrected chi connectivity index (χ1v) is 8.21. The van der Waals surface area contributed by atoms with Crippen molar-refractivity contribution >= 4 is 11.8 Å². The number of carbonyl (C=O) groups is 1. The zero-order valence-corrected chi connectivity index (χ0v) is 14.6. The van der Waals surface area contributed by atoms with E-state index in [2.05, 4.69) is 10.3 Å². The standard InChI is InChI=1S/C17H24F3N3O2/c1-16(2,3)25-15(24)23-12-7-10(6-11(8-12)17(18,19)20)13-4-5-22-9-14(13)21/h4-5,9-12H,6-8,21H2,1-3H3,(H,23,24)/t10?,11-,12+/m0/s1. The number of nitrogens with two attached hydrogens (primary N) is 1. The molecule has 140 valence electrons. The van der Waals surface area contributed by atoms with Crippen LogP contribution in [0, 0.1) is 5.92 Å². The van der Waals surface area contributed by atoms with Gasteiger partial charge in [0.2, 0.25) is 0 Å². The average molecular weight is 359 g/mol. The molecule has 1 aliphatic rings. The van der Waals surface area contributed by atoms with Gasteiger partial charge in [-0.1, -0.05) is 0 Å². The molecule has 1 aliphatic carbocycles. The van der Waals surface area contributed by atoms with E-state index < -0.39 is 35.7 Å². The lowest BCUT2D eigenvalue weighted by Crippen LogP contribution is -2.45. The Labute approximate surface area is 145 Å². The predicted octanol–water partition coefficient (Wildman–Crippen LogP) is 4.00. The Morgan fingerprint density at radius 1 is 1.28 bits per heavy atom. The van der Waals surface area contributed by atoms with E-state index in [4.69, 9.17) is 10.5 Å². The Morgan fingerprint density at radius 2 is 1.96 bits per heavy atom. The summed E-state index contributed by atoms with van der Waals surface area (Å²) in [6.45, 7) is 5.10. The number of amides is 1. The number of pyridine rings is 1. The van der Waals surface area contributed by atoms with Gasteiger partial charge in [0.05, 0.1) is 17.8 Å². The highest BCUT2D eigenvalue weighted by Crippen LogP contribution is 2.44. The van der Waals surface area contributed by atoms with Crippen LogP contribution in [-0.4, -0.2) is 28.9 Å². The van der Waals surface area contributed by atoms with Gasteiger partial charge in [0.25, 0.3) is 0 Å². The zero-order chi connectivity index (χ0) is 18.8. The Morgan fingerprint density at radius 3 is 2.52 bits per heavy atom. The molecule has 1 saturated carbocycles. The van der Waals surface area contributed by atoms with Gasteiger partial charge in [-0.25, -0.2) is 4.79 Å². The lowest BCUT2D eigenvalue weighted by Gasteiger charge is -2.37. The summed E-state index contributed by atoms with van der Waals surface area (Å²) in [7, 11) is 0. The van der Waals surface area contributed by atoms with Crippen LogP contribution in [0.1, 0.15) is 51.5 Å². The average Bonchev–Trinajstić information content (AvgIpc) is 2.44. The number of nitrogens with zero attached hydrogens (tertiary/aromatic N) is 1. The van der Waals surface area contributed by atoms with Crippen molar-refractivity contribution in [1.29, 1.82) is 0 Å². The minimum Gasteiger partial charge on any atom is -0.444 e. The summed E-state index contributed by atoms with van der Waals surface area (Å²) in [6.07, 6.45) is -1.92. The quantitative estimate of drug-likeness (QED) is 0.837. The van der Waals surface area contributed by atoms with Crippen LogP contribution >= 0.6 is 0 Å². The molecular weight excluding hydrogens is 335 g/mol. The van der Waals surface area contributed by atoms with Gasteiger partial charge in [0.1, 0.15) is 5.60 Å². The minimum absolute atomic E-state index is 0.0514. The fourth-order valence-corrected chi connectivity index (χ4v) is 3.22. The van der Waals surface area contributed by atoms with Gasteiger partial charge in [-0.3, -0.25) is 4.98 Å². The number of carbonyl (C=O) groups excluding carboxylic acids is 1. The van der Waals surface area contributed by atoms with E-state index in [9.17, 15) is 18.0 Å². The van der Waals surface area contributed by atoms with Crippen LogP contribution < -0.4 is 11.1 Å². The maximum absolute atomic E-state index is 13.3. The summed E-state index contributed by atoms with van der Waals surface area (Å²) in [5.74, 6) is -1.90. The van der Waals surface area contributed by atoms with E-state index in [1.54, 1.807) is 26.8 Å². The molecule has 1 amide bonds. The lowest BCUT2D eigenvalue weighted by atomic mass is 9.75. The van der Waals surface area contributed by atoms with Crippen LogP contribution in [0.4, 0.5) is 23.7 Å². The molecule has 8 heteroatoms. The Bertz CT molecular complexity index is 614. The second kappa shape index (κ2) is 7.09. The van der Waals surface area contributed by atoms with Gasteiger partial charge in [0.15, 0.2) is 0 Å². The first-order valence-electron chi connectivity index (χ1n) is 8.21. The summed E-state index contributed by atoms with van der Waals surface area (Å²) in [4.78, 5) is 15.8. The van der Waals surface area contributed by atoms with Crippen molar-refractivity contribution in [3.8, 4) is 0 Å². The van der Waals surface area contributed by atoms with Gasteiger partial charge < -0.3 is 15.8 Å². The third-order valence-electron chi connectivity index (χ3n) is 4.22. The van der Waals surface area contributed by atoms with Crippen molar-refractivity contribution in [2.45, 2.75) is 63.8 Å². The molecule has 3 N–H and O–H groups in total. The normalized spacial score (nSPS) is 24.6. The maximum atomic E-state index is 13.3. The van der Waals surface area contributed by atoms with Crippen molar-refractivity contribution in [3.05, 3.63) is 24.0 Å². The lowest BCUT2D eigenvalue weighted by molar-refractivity contribution is -0.185. The molecule has 0 spiro atoms. The van der Waals surface area contributed by atoms with Crippen LogP contribution in [0.2, 0.25) is 0 Å². The fourth-order valence-electron chi connectivity index (χ4n) is 3.22. The number of alkyl carbamates (subject to hydrolysis) is 1. The molecule has 0 bridgehead atoms. The van der Waals surface area contributed by atoms with Crippen molar-refractivity contribution in [2.24, 2.45) is 5.92 Å². The summed E-state index contributed by atoms with van der Waals surface area (Å²) < 4.78 is 45.1. The van der Waals surface area contributed by atoms with Crippen LogP contribution in [0.5, 0.6) is 0 Å². The van der Waals surface area contributed by atoms with E-state index in [-0.39, 0.29) is 12.8 Å². The molecule has 5 nitrogen and oxygen atoms in total. The molecule has 0 aromatic carbocycles. The Balaban J connectivity index is 2.17. The summed E-state index contributed by atoms with van der Waals surface area (Å²) in [6, 6.07) is 1.01. The maximum Gasteiger partial charge on any atom is 0.407 e. The van der Waals surface area contributed by atoms with Crippen molar-refractivity contribution in [1.82, 2.24) is 10.3 Å². The van der Waals surface area contributed by atoms with E-state index in [1.807, 2.05) is 0 Å². The molecule has 1 unspecified atom stereocenters. The summed E-state index contributed by atoms with van der Waals surface area (Å²) in [5.41, 5.74) is 6.17. The fraction of sp³-hybridized carbons (Fsp3) is 0.647. The van der Waals surface area contributed by atoms with E-state index in [0.717, 1.165) is 0 Å². The van der Waals surface area contributed by atoms with Gasteiger partial charge in [-0.2, -0.15) is 13.2 Å². The number of nitrogen functional groups attached to an aromatic ring is 1. The monoisotopic (exact) mass is 359 g/mol. The molecule has 1 aromatic heterocycles. The number of hydrogen-bond acceptors (Lipinski definition) is 4. The van der Waals surface area contributed by atoms with E-state index >= 15 is 0 Å². The SMILES string of the molecule is CC(C)(C)OC(=O)N[C@@H]1CC(c2ccncc2N)C[C@H](C(F)(F)F)C1. The number of ether oxygens (including phenoxy) is 1. The highest BCUT2D eigenvalue weighted by Gasteiger charge is 2.46. The molecule has 1 aromatic rings. The molecule has 1 heterocycles. The topological polar surface area (TPSA) is 77.2 Å². The van der Waals surface area contributed by atoms with Crippen molar-refractivity contribution < 1.29 is 22.7 Å². The second-order valence-corrected chi connectivity index (χ2v) is 7.49. The number of hydrogen-bond donors (Lipinski definition) is 2. The largest absolute Gasteiger partial charge is 0.444 e. The zero-order valence-electron chi connectivity index (χ0n) is 14.6. The number of alkyl halides is 3. The van der Waals surface area contributed by atoms with Gasteiger partial charge >= 0.3 is 12.3 Å². The highest BCUT2D eigenvalue weighted by molar-refractivity contribution is 5.68. The first kappa shape index (κ1) is 19.3. The van der Waals surface area contributed by atoms with Crippen molar-refractivity contribution in [2.75, 3.05) is 5.73 Å². The molecule has 2 rings (SSSR count). The number of rotatable bonds is 2. The van der Waals surface area contributed by atoms with Gasteiger partial charge in [-0.15, -0.1) is 0 Å². The van der Waals surface area contributed by atoms with Gasteiger partial charge in [-0.05, 0) is 57.6 Å². The molecule has 1 fully saturated rings. The molecule has 0 aliphatic heterocycles. The number of halogens is 3. The Kier molecular flexibility index (Phi) is 5.49. The number of nitrogens with one attached hydrogen (secondary N) is 1. The van der Waals surface area contributed by atoms with Crippen LogP contribution in [0.25, 0.3) is 0 Å². The smallest absolute Gasteiger partial charge is 0.407 e. The molecule has 3 atom stereocenters. The third-order valence-corrected chi connectivity index (χ3v) is 4.22. The van der Waals surface area contributed by atoms with Gasteiger partial charge in [0, 0.05) is 12.2 Å². The van der Waals surface area contributed by atoms with E-state index in [1.165, 1.54) is 12.4 Å². The third kappa shape index (κ3) is 5.51. The van der Waals surface area contributed by atoms with Crippen LogP contribution in [-0.2, 0) is 4.74 Å². The predicted molar refractivity (Wildman–Crippen MR) is 87.9 cm³/mol. The van der Waals surface area contributed by atoms with Crippen molar-refractivity contribution in [3.63, 3.8) is 0 Å². The number of aromatic nitrogens is 1. The first-order chi connectivity index (χ1) is 11.5. The molecular formula is C17H24F3N3O2. The molecule has 25 heavy (non-hydrogen) atoms. The Hall–Kier alpha value is -1.99. The highest BCUT2D eigenvalue weighted by atomic mass is 19.4. The minimum atomic E-state index is -4.33. The summed E-state index contributed by atoms with van der Waals surface area (Å²) in [5, 5.41) is 2.58. The van der Waals surface area contributed by atoms with Crippen LogP contribution in [0.3, 0.4) is 0 Å². The summed E-state index contributed by atoms with van der Waals surface area (Å²) >= 11 is 0. The second-order valence-electron chi connectivity index (χ2n) is 7.49. The molecule has 0 radical (unpaired) electrons. The number of anilines is 1. The molecule has 0 saturated heterocycles. The van der Waals surface area contributed by atoms with E-state index in [0.29, 0.717) is 17.7 Å². The van der Waals surface area contributed by atoms with Crippen LogP contribution in [0.15, 0.2) is 18.5 Å².